The Morgan fingerprint density at radius 1 is 0.889 bits per heavy atom. The molecule has 3 aromatic carbocycles. The molecule has 0 saturated heterocycles. The Kier molecular flexibility index (Phi) is 6.41. The fourth-order valence-electron chi connectivity index (χ4n) is 4.14. The van der Waals surface area contributed by atoms with Crippen molar-refractivity contribution in [3.63, 3.8) is 0 Å². The van der Waals surface area contributed by atoms with Crippen molar-refractivity contribution in [2.24, 2.45) is 0 Å². The van der Waals surface area contributed by atoms with Crippen LogP contribution in [0.2, 0.25) is 0 Å². The third-order valence-corrected chi connectivity index (χ3v) is 5.89. The van der Waals surface area contributed by atoms with Crippen LogP contribution in [0, 0.1) is 0 Å². The van der Waals surface area contributed by atoms with Gasteiger partial charge in [0, 0.05) is 11.5 Å². The van der Waals surface area contributed by atoms with Gasteiger partial charge in [0.15, 0.2) is 11.5 Å². The van der Waals surface area contributed by atoms with Crippen molar-refractivity contribution in [2.45, 2.75) is 6.92 Å². The molecule has 0 spiro atoms. The van der Waals surface area contributed by atoms with Crippen LogP contribution in [0.15, 0.2) is 82.0 Å². The smallest absolute Gasteiger partial charge is 0.202 e. The fraction of sp³-hybridized carbons (Fsp3) is 0.133. The number of methoxy groups -OCH3 is 2. The molecule has 2 aromatic heterocycles. The molecule has 6 heteroatoms. The van der Waals surface area contributed by atoms with E-state index in [0.717, 1.165) is 16.5 Å². The van der Waals surface area contributed by atoms with Gasteiger partial charge in [0.25, 0.3) is 0 Å². The quantitative estimate of drug-likeness (QED) is 0.262. The molecule has 5 rings (SSSR count). The van der Waals surface area contributed by atoms with Crippen LogP contribution in [0.5, 0.6) is 17.2 Å². The van der Waals surface area contributed by atoms with E-state index in [1.165, 1.54) is 0 Å². The van der Waals surface area contributed by atoms with Crippen LogP contribution in [-0.2, 0) is 0 Å². The van der Waals surface area contributed by atoms with Gasteiger partial charge in [0.1, 0.15) is 17.1 Å². The first-order valence-corrected chi connectivity index (χ1v) is 11.6. The van der Waals surface area contributed by atoms with Crippen LogP contribution < -0.4 is 19.6 Å². The lowest BCUT2D eigenvalue weighted by molar-refractivity contribution is 0.340. The minimum atomic E-state index is -0.158. The Morgan fingerprint density at radius 3 is 2.53 bits per heavy atom. The summed E-state index contributed by atoms with van der Waals surface area (Å²) in [5.41, 5.74) is 2.89. The van der Waals surface area contributed by atoms with E-state index in [-0.39, 0.29) is 5.43 Å². The predicted molar refractivity (Wildman–Crippen MR) is 143 cm³/mol. The van der Waals surface area contributed by atoms with E-state index in [1.807, 2.05) is 67.6 Å². The number of hydrogen-bond donors (Lipinski definition) is 0. The number of pyridine rings is 1. The first-order chi connectivity index (χ1) is 17.6. The minimum absolute atomic E-state index is 0.158. The number of nitrogens with zero attached hydrogens (tertiary/aromatic N) is 1. The zero-order valence-corrected chi connectivity index (χ0v) is 20.3. The summed E-state index contributed by atoms with van der Waals surface area (Å²) in [7, 11) is 3.18. The summed E-state index contributed by atoms with van der Waals surface area (Å²) in [5, 5.41) is 1.46. The van der Waals surface area contributed by atoms with Gasteiger partial charge < -0.3 is 18.6 Å². The average molecular weight is 480 g/mol. The van der Waals surface area contributed by atoms with E-state index >= 15 is 0 Å². The van der Waals surface area contributed by atoms with Crippen molar-refractivity contribution in [1.29, 1.82) is 0 Å². The lowest BCUT2D eigenvalue weighted by Gasteiger charge is -2.10. The molecule has 0 aliphatic carbocycles. The topological polar surface area (TPSA) is 70.8 Å². The lowest BCUT2D eigenvalue weighted by atomic mass is 10.0. The molecular weight excluding hydrogens is 454 g/mol. The highest BCUT2D eigenvalue weighted by atomic mass is 16.5. The van der Waals surface area contributed by atoms with Crippen LogP contribution in [-0.4, -0.2) is 25.8 Å². The Labute approximate surface area is 208 Å². The molecule has 180 valence electrons. The van der Waals surface area contributed by atoms with E-state index in [0.29, 0.717) is 51.8 Å². The molecule has 0 atom stereocenters. The largest absolute Gasteiger partial charge is 0.494 e. The second-order valence-electron chi connectivity index (χ2n) is 8.10. The van der Waals surface area contributed by atoms with E-state index in [1.54, 1.807) is 38.5 Å². The van der Waals surface area contributed by atoms with E-state index in [2.05, 4.69) is 0 Å². The van der Waals surface area contributed by atoms with Gasteiger partial charge in [-0.05, 0) is 55.0 Å². The predicted octanol–water partition coefficient (Wildman–Crippen LogP) is 6.59. The van der Waals surface area contributed by atoms with Gasteiger partial charge in [-0.25, -0.2) is 4.98 Å². The van der Waals surface area contributed by atoms with Gasteiger partial charge in [0.05, 0.1) is 43.0 Å². The number of aromatic nitrogens is 1. The second-order valence-corrected chi connectivity index (χ2v) is 8.10. The maximum absolute atomic E-state index is 13.7. The lowest BCUT2D eigenvalue weighted by Crippen LogP contribution is -2.09. The maximum atomic E-state index is 13.7. The van der Waals surface area contributed by atoms with Crippen LogP contribution in [0.3, 0.4) is 0 Å². The van der Waals surface area contributed by atoms with Crippen LogP contribution in [0.4, 0.5) is 0 Å². The molecule has 0 aliphatic heterocycles. The van der Waals surface area contributed by atoms with Crippen molar-refractivity contribution < 1.29 is 18.6 Å². The highest BCUT2D eigenvalue weighted by molar-refractivity contribution is 5.89. The van der Waals surface area contributed by atoms with Gasteiger partial charge >= 0.3 is 0 Å². The van der Waals surface area contributed by atoms with Gasteiger partial charge in [-0.2, -0.15) is 0 Å². The van der Waals surface area contributed by atoms with Gasteiger partial charge in [-0.3, -0.25) is 4.79 Å². The van der Waals surface area contributed by atoms with Crippen LogP contribution in [0.25, 0.3) is 45.3 Å². The van der Waals surface area contributed by atoms with Gasteiger partial charge in [0.2, 0.25) is 5.43 Å². The zero-order chi connectivity index (χ0) is 25.1. The Morgan fingerprint density at radius 2 is 1.72 bits per heavy atom. The maximum Gasteiger partial charge on any atom is 0.202 e. The summed E-state index contributed by atoms with van der Waals surface area (Å²) >= 11 is 0. The number of hydrogen-bond acceptors (Lipinski definition) is 6. The molecule has 0 bridgehead atoms. The molecule has 0 fully saturated rings. The first kappa shape index (κ1) is 23.2. The SMILES string of the molecule is CCOc1ccc2c(=O)c(-c3ccc4ccccc4n3)c(C=Cc3ccc(OC)c(OC)c3)oc2c1. The van der Waals surface area contributed by atoms with Crippen molar-refractivity contribution in [3.8, 4) is 28.5 Å². The Hall–Kier alpha value is -4.58. The second kappa shape index (κ2) is 9.96. The normalized spacial score (nSPS) is 11.3. The fourth-order valence-corrected chi connectivity index (χ4v) is 4.14. The number of benzene rings is 3. The van der Waals surface area contributed by atoms with E-state index in [9.17, 15) is 4.79 Å². The molecule has 6 nitrogen and oxygen atoms in total. The molecule has 0 amide bonds. The number of ether oxygens (including phenoxy) is 3. The molecule has 0 aliphatic rings. The van der Waals surface area contributed by atoms with E-state index < -0.39 is 0 Å². The number of fused-ring (bicyclic) bond motifs is 2. The van der Waals surface area contributed by atoms with Crippen molar-refractivity contribution in [1.82, 2.24) is 4.98 Å². The van der Waals surface area contributed by atoms with Crippen molar-refractivity contribution in [2.75, 3.05) is 20.8 Å². The molecule has 36 heavy (non-hydrogen) atoms. The first-order valence-electron chi connectivity index (χ1n) is 11.6. The molecule has 0 unspecified atom stereocenters. The van der Waals surface area contributed by atoms with Gasteiger partial charge in [-0.1, -0.05) is 36.4 Å². The van der Waals surface area contributed by atoms with Crippen molar-refractivity contribution in [3.05, 3.63) is 94.3 Å². The highest BCUT2D eigenvalue weighted by Gasteiger charge is 2.17. The average Bonchev–Trinajstić information content (AvgIpc) is 2.91. The minimum Gasteiger partial charge on any atom is -0.494 e. The highest BCUT2D eigenvalue weighted by Crippen LogP contribution is 2.31. The summed E-state index contributed by atoms with van der Waals surface area (Å²) in [6, 6.07) is 22.4. The van der Waals surface area contributed by atoms with E-state index in [4.69, 9.17) is 23.6 Å². The molecule has 0 saturated carbocycles. The zero-order valence-electron chi connectivity index (χ0n) is 20.3. The van der Waals surface area contributed by atoms with Gasteiger partial charge in [-0.15, -0.1) is 0 Å². The number of rotatable bonds is 7. The Balaban J connectivity index is 1.70. The summed E-state index contributed by atoms with van der Waals surface area (Å²) in [4.78, 5) is 18.5. The monoisotopic (exact) mass is 479 g/mol. The standard InChI is InChI=1S/C30H25NO5/c1-4-35-21-12-13-22-27(18-21)36-26(16-10-19-9-15-25(33-2)28(17-19)34-3)29(30(22)32)24-14-11-20-7-5-6-8-23(20)31-24/h5-18H,4H2,1-3H3. The molecule has 0 radical (unpaired) electrons. The summed E-state index contributed by atoms with van der Waals surface area (Å²) in [6.07, 6.45) is 3.64. The molecular formula is C30H25NO5. The number of para-hydroxylation sites is 1. The summed E-state index contributed by atoms with van der Waals surface area (Å²) < 4.78 is 22.7. The van der Waals surface area contributed by atoms with Crippen LogP contribution >= 0.6 is 0 Å². The molecule has 2 heterocycles. The van der Waals surface area contributed by atoms with Crippen molar-refractivity contribution >= 4 is 34.0 Å². The van der Waals surface area contributed by atoms with Crippen LogP contribution in [0.1, 0.15) is 18.2 Å². The third kappa shape index (κ3) is 4.41. The molecule has 0 N–H and O–H groups in total. The summed E-state index contributed by atoms with van der Waals surface area (Å²) in [5.74, 6) is 2.28. The third-order valence-electron chi connectivity index (χ3n) is 5.89. The Bertz CT molecular complexity index is 1650. The molecule has 5 aromatic rings. The summed E-state index contributed by atoms with van der Waals surface area (Å²) in [6.45, 7) is 2.42.